The summed E-state index contributed by atoms with van der Waals surface area (Å²) in [4.78, 5) is 10.7. The molecule has 1 heterocycles. The zero-order chi connectivity index (χ0) is 24.2. The third-order valence-electron chi connectivity index (χ3n) is 5.38. The molecule has 170 valence electrons. The quantitative estimate of drug-likeness (QED) is 0.126. The summed E-state index contributed by atoms with van der Waals surface area (Å²) in [6.45, 7) is 0. The second-order valence-electron chi connectivity index (χ2n) is 7.65. The van der Waals surface area contributed by atoms with E-state index in [0.29, 0.717) is 22.9 Å². The Morgan fingerprint density at radius 2 is 1.31 bits per heavy atom. The highest BCUT2D eigenvalue weighted by Gasteiger charge is 2.30. The first-order chi connectivity index (χ1) is 17.1. The molecular formula is C27H19N5O3. The van der Waals surface area contributed by atoms with Gasteiger partial charge in [0.25, 0.3) is 11.5 Å². The molecule has 1 aromatic heterocycles. The van der Waals surface area contributed by atoms with Crippen molar-refractivity contribution in [2.45, 2.75) is 0 Å². The third-order valence-corrected chi connectivity index (χ3v) is 5.38. The molecule has 0 saturated heterocycles. The zero-order valence-corrected chi connectivity index (χ0v) is 18.4. The number of nitro groups is 1. The number of non-ortho nitro benzene ring substituents is 1. The molecule has 0 unspecified atom stereocenters. The van der Waals surface area contributed by atoms with Gasteiger partial charge in [-0.15, -0.1) is 0 Å². The summed E-state index contributed by atoms with van der Waals surface area (Å²) >= 11 is 0. The molecular weight excluding hydrogens is 442 g/mol. The van der Waals surface area contributed by atoms with E-state index in [9.17, 15) is 15.2 Å². The number of hydrogen-bond acceptors (Lipinski definition) is 5. The molecule has 4 aromatic carbocycles. The molecule has 0 radical (unpaired) electrons. The van der Waals surface area contributed by atoms with Crippen LogP contribution in [-0.4, -0.2) is 20.6 Å². The lowest BCUT2D eigenvalue weighted by Crippen LogP contribution is -2.35. The van der Waals surface area contributed by atoms with Gasteiger partial charge >= 0.3 is 5.82 Å². The molecule has 0 aliphatic heterocycles. The van der Waals surface area contributed by atoms with Crippen LogP contribution in [0.4, 0.5) is 5.69 Å². The van der Waals surface area contributed by atoms with Crippen molar-refractivity contribution in [3.63, 3.8) is 0 Å². The van der Waals surface area contributed by atoms with Crippen LogP contribution >= 0.6 is 0 Å². The van der Waals surface area contributed by atoms with Gasteiger partial charge < -0.3 is 5.11 Å². The van der Waals surface area contributed by atoms with Crippen LogP contribution in [0.5, 0.6) is 0 Å². The Labute approximate surface area is 200 Å². The number of rotatable bonds is 6. The molecule has 5 aromatic rings. The summed E-state index contributed by atoms with van der Waals surface area (Å²) in [5.41, 5.74) is 2.54. The lowest BCUT2D eigenvalue weighted by molar-refractivity contribution is -0.645. The zero-order valence-electron chi connectivity index (χ0n) is 18.4. The lowest BCUT2D eigenvalue weighted by Gasteiger charge is -2.09. The van der Waals surface area contributed by atoms with Crippen LogP contribution in [0, 0.1) is 10.1 Å². The van der Waals surface area contributed by atoms with Crippen LogP contribution in [0.15, 0.2) is 120 Å². The predicted molar refractivity (Wildman–Crippen MR) is 130 cm³/mol. The maximum Gasteiger partial charge on any atom is 0.342 e. The van der Waals surface area contributed by atoms with Crippen molar-refractivity contribution in [1.29, 1.82) is 0 Å². The fourth-order valence-corrected chi connectivity index (χ4v) is 3.69. The smallest absolute Gasteiger partial charge is 0.342 e. The summed E-state index contributed by atoms with van der Waals surface area (Å²) in [6, 6.07) is 33.8. The minimum atomic E-state index is -0.450. The van der Waals surface area contributed by atoms with Gasteiger partial charge in [0.15, 0.2) is 5.69 Å². The van der Waals surface area contributed by atoms with Gasteiger partial charge in [-0.3, -0.25) is 10.1 Å². The maximum atomic E-state index is 13.1. The van der Waals surface area contributed by atoms with Crippen LogP contribution < -0.4 is 9.79 Å². The van der Waals surface area contributed by atoms with Crippen LogP contribution in [0.2, 0.25) is 0 Å². The molecule has 0 bridgehead atoms. The Morgan fingerprint density at radius 1 is 0.771 bits per heavy atom. The molecule has 0 spiro atoms. The first-order valence-electron chi connectivity index (χ1n) is 10.8. The molecule has 0 saturated carbocycles. The second-order valence-corrected chi connectivity index (χ2v) is 7.65. The molecule has 0 atom stereocenters. The molecule has 0 N–H and O–H groups in total. The highest BCUT2D eigenvalue weighted by atomic mass is 16.6. The maximum absolute atomic E-state index is 13.1. The van der Waals surface area contributed by atoms with Gasteiger partial charge in [-0.2, -0.15) is 0 Å². The number of benzene rings is 4. The molecule has 8 nitrogen and oxygen atoms in total. The standard InChI is InChI=1S/C27H19N5O3/c33-26(21-12-6-2-7-13-21)29-31-25(20-10-4-1-5-11-20)28-30(27(31)22-14-8-3-9-15-22)23-16-18-24(19-17-23)32(34)35/h1-19H. The topological polar surface area (TPSA) is 100 Å². The number of nitro benzene ring substituents is 1. The van der Waals surface area contributed by atoms with Gasteiger partial charge in [-0.05, 0) is 47.1 Å². The van der Waals surface area contributed by atoms with Crippen molar-refractivity contribution < 1.29 is 14.7 Å². The minimum absolute atomic E-state index is 0.0257. The fourth-order valence-electron chi connectivity index (χ4n) is 3.69. The molecule has 0 amide bonds. The average molecular weight is 461 g/mol. The summed E-state index contributed by atoms with van der Waals surface area (Å²) in [5, 5.41) is 33.6. The molecule has 8 heteroatoms. The van der Waals surface area contributed by atoms with E-state index in [1.165, 1.54) is 16.8 Å². The number of aromatic nitrogens is 3. The molecule has 35 heavy (non-hydrogen) atoms. The molecule has 0 aliphatic rings. The van der Waals surface area contributed by atoms with Gasteiger partial charge in [-0.25, -0.2) is 0 Å². The number of hydrogen-bond donors (Lipinski definition) is 0. The highest BCUT2D eigenvalue weighted by molar-refractivity contribution is 5.90. The van der Waals surface area contributed by atoms with Crippen LogP contribution in [0.25, 0.3) is 28.5 Å². The normalized spacial score (nSPS) is 11.4. The van der Waals surface area contributed by atoms with E-state index in [-0.39, 0.29) is 5.69 Å². The molecule has 0 fully saturated rings. The van der Waals surface area contributed by atoms with E-state index in [0.717, 1.165) is 11.1 Å². The van der Waals surface area contributed by atoms with E-state index in [2.05, 4.69) is 5.10 Å². The van der Waals surface area contributed by atoms with Gasteiger partial charge in [-0.1, -0.05) is 81.2 Å². The van der Waals surface area contributed by atoms with Crippen molar-refractivity contribution in [2.75, 3.05) is 0 Å². The van der Waals surface area contributed by atoms with Gasteiger partial charge in [0.2, 0.25) is 0 Å². The summed E-state index contributed by atoms with van der Waals surface area (Å²) in [6.07, 6.45) is 0. The van der Waals surface area contributed by atoms with Crippen molar-refractivity contribution in [2.24, 2.45) is 5.10 Å². The SMILES string of the molecule is O=[N+]([O-])c1ccc(-[n+]2nc(-c3ccccc3)n(/N=C(\[O-])c3ccccc3)c2-c2ccccc2)cc1. The van der Waals surface area contributed by atoms with E-state index in [4.69, 9.17) is 5.10 Å². The Balaban J connectivity index is 1.80. The van der Waals surface area contributed by atoms with Crippen LogP contribution in [0.1, 0.15) is 5.56 Å². The fraction of sp³-hybridized carbons (Fsp3) is 0. The van der Waals surface area contributed by atoms with Crippen LogP contribution in [-0.2, 0) is 0 Å². The van der Waals surface area contributed by atoms with Crippen molar-refractivity contribution >= 4 is 11.6 Å². The summed E-state index contributed by atoms with van der Waals surface area (Å²) in [7, 11) is 0. The predicted octanol–water partition coefficient (Wildman–Crippen LogP) is 3.97. The Hall–Kier alpha value is -5.11. The van der Waals surface area contributed by atoms with Gasteiger partial charge in [0, 0.05) is 23.6 Å². The number of nitrogens with zero attached hydrogens (tertiary/aromatic N) is 5. The van der Waals surface area contributed by atoms with E-state index < -0.39 is 10.8 Å². The van der Waals surface area contributed by atoms with Gasteiger partial charge in [0.1, 0.15) is 0 Å². The monoisotopic (exact) mass is 461 g/mol. The largest absolute Gasteiger partial charge is 0.856 e. The third kappa shape index (κ3) is 4.40. The second kappa shape index (κ2) is 9.40. The highest BCUT2D eigenvalue weighted by Crippen LogP contribution is 2.25. The lowest BCUT2D eigenvalue weighted by atomic mass is 10.2. The van der Waals surface area contributed by atoms with E-state index >= 15 is 0 Å². The van der Waals surface area contributed by atoms with Crippen molar-refractivity contribution in [1.82, 2.24) is 9.77 Å². The van der Waals surface area contributed by atoms with E-state index in [1.807, 2.05) is 66.7 Å². The minimum Gasteiger partial charge on any atom is -0.856 e. The Morgan fingerprint density at radius 3 is 1.89 bits per heavy atom. The Kier molecular flexibility index (Phi) is 5.83. The summed E-state index contributed by atoms with van der Waals surface area (Å²) < 4.78 is 3.17. The average Bonchev–Trinajstić information content (AvgIpc) is 3.29. The van der Waals surface area contributed by atoms with Gasteiger partial charge in [0.05, 0.1) is 10.5 Å². The first kappa shape index (κ1) is 21.7. The van der Waals surface area contributed by atoms with Crippen LogP contribution in [0.3, 0.4) is 0 Å². The van der Waals surface area contributed by atoms with Crippen molar-refractivity contribution in [3.05, 3.63) is 131 Å². The Bertz CT molecular complexity index is 1500. The summed E-state index contributed by atoms with van der Waals surface area (Å²) in [5.74, 6) is 0.558. The molecule has 5 rings (SSSR count). The van der Waals surface area contributed by atoms with Crippen molar-refractivity contribution in [3.8, 4) is 28.5 Å². The first-order valence-corrected chi connectivity index (χ1v) is 10.8. The van der Waals surface area contributed by atoms with E-state index in [1.54, 1.807) is 41.1 Å². The molecule has 0 aliphatic carbocycles.